The summed E-state index contributed by atoms with van der Waals surface area (Å²) in [4.78, 5) is 7.07. The van der Waals surface area contributed by atoms with Crippen LogP contribution in [0.2, 0.25) is 0 Å². The number of aromatic nitrogens is 4. The van der Waals surface area contributed by atoms with Gasteiger partial charge in [-0.25, -0.2) is 4.98 Å². The summed E-state index contributed by atoms with van der Waals surface area (Å²) in [6, 6.07) is 13.1. The highest BCUT2D eigenvalue weighted by Gasteiger charge is 2.19. The van der Waals surface area contributed by atoms with Crippen molar-refractivity contribution in [1.29, 1.82) is 0 Å². The first kappa shape index (κ1) is 19.5. The third-order valence-electron chi connectivity index (χ3n) is 6.40. The minimum Gasteiger partial charge on any atom is -0.362 e. The van der Waals surface area contributed by atoms with Gasteiger partial charge in [-0.05, 0) is 56.5 Å². The molecule has 0 aliphatic carbocycles. The van der Waals surface area contributed by atoms with Crippen LogP contribution in [0.3, 0.4) is 0 Å². The summed E-state index contributed by atoms with van der Waals surface area (Å²) >= 11 is 0. The number of hydrogen-bond donors (Lipinski definition) is 1. The zero-order chi connectivity index (χ0) is 21.5. The SMILES string of the molecule is Cc1cn2c(n1)CN(c1ccc3cnnc(N[C@H](C)c4cccc(C)c4C)c3c1)CC2. The fraction of sp³-hybridized carbons (Fsp3) is 0.320. The summed E-state index contributed by atoms with van der Waals surface area (Å²) in [7, 11) is 0. The van der Waals surface area contributed by atoms with Crippen molar-refractivity contribution in [2.75, 3.05) is 16.8 Å². The van der Waals surface area contributed by atoms with Crippen LogP contribution in [-0.2, 0) is 13.1 Å². The number of nitrogens with one attached hydrogen (secondary N) is 1. The zero-order valence-electron chi connectivity index (χ0n) is 18.6. The van der Waals surface area contributed by atoms with Gasteiger partial charge >= 0.3 is 0 Å². The van der Waals surface area contributed by atoms with Crippen LogP contribution in [0.4, 0.5) is 11.5 Å². The van der Waals surface area contributed by atoms with Gasteiger partial charge in [-0.1, -0.05) is 24.3 Å². The zero-order valence-corrected chi connectivity index (χ0v) is 18.6. The van der Waals surface area contributed by atoms with Crippen molar-refractivity contribution in [3.8, 4) is 0 Å². The minimum absolute atomic E-state index is 0.133. The summed E-state index contributed by atoms with van der Waals surface area (Å²) in [6.07, 6.45) is 3.97. The van der Waals surface area contributed by atoms with Crippen molar-refractivity contribution < 1.29 is 0 Å². The normalized spacial score (nSPS) is 14.5. The molecule has 1 N–H and O–H groups in total. The molecule has 2 aromatic carbocycles. The Bertz CT molecular complexity index is 1260. The van der Waals surface area contributed by atoms with Gasteiger partial charge in [0.2, 0.25) is 0 Å². The molecule has 6 nitrogen and oxygen atoms in total. The molecule has 3 heterocycles. The predicted molar refractivity (Wildman–Crippen MR) is 126 cm³/mol. The van der Waals surface area contributed by atoms with Crippen molar-refractivity contribution >= 4 is 22.3 Å². The van der Waals surface area contributed by atoms with Gasteiger partial charge in [0, 0.05) is 35.7 Å². The first-order chi connectivity index (χ1) is 15.0. The molecule has 1 aliphatic heterocycles. The largest absolute Gasteiger partial charge is 0.362 e. The number of aryl methyl sites for hydroxylation is 2. The van der Waals surface area contributed by atoms with Crippen LogP contribution in [0.1, 0.15) is 41.2 Å². The lowest BCUT2D eigenvalue weighted by Gasteiger charge is -2.30. The molecule has 1 aliphatic rings. The second kappa shape index (κ2) is 7.69. The van der Waals surface area contributed by atoms with E-state index in [0.717, 1.165) is 47.7 Å². The highest BCUT2D eigenvalue weighted by molar-refractivity contribution is 5.93. The molecule has 0 saturated carbocycles. The second-order valence-electron chi connectivity index (χ2n) is 8.53. The molecule has 2 aromatic heterocycles. The van der Waals surface area contributed by atoms with Gasteiger partial charge in [-0.15, -0.1) is 5.10 Å². The molecule has 0 fully saturated rings. The molecule has 0 spiro atoms. The van der Waals surface area contributed by atoms with Gasteiger partial charge in [-0.2, -0.15) is 5.10 Å². The third kappa shape index (κ3) is 3.63. The van der Waals surface area contributed by atoms with Crippen LogP contribution < -0.4 is 10.2 Å². The van der Waals surface area contributed by atoms with E-state index in [-0.39, 0.29) is 6.04 Å². The van der Waals surface area contributed by atoms with Crippen LogP contribution in [0.5, 0.6) is 0 Å². The molecular formula is C25H28N6. The second-order valence-corrected chi connectivity index (χ2v) is 8.53. The van der Waals surface area contributed by atoms with Crippen molar-refractivity contribution in [2.24, 2.45) is 0 Å². The van der Waals surface area contributed by atoms with Gasteiger partial charge < -0.3 is 14.8 Å². The smallest absolute Gasteiger partial charge is 0.157 e. The monoisotopic (exact) mass is 412 g/mol. The maximum atomic E-state index is 4.68. The lowest BCUT2D eigenvalue weighted by Crippen LogP contribution is -2.33. The fourth-order valence-electron chi connectivity index (χ4n) is 4.51. The Morgan fingerprint density at radius 2 is 1.94 bits per heavy atom. The van der Waals surface area contributed by atoms with Gasteiger partial charge in [-0.3, -0.25) is 0 Å². The summed E-state index contributed by atoms with van der Waals surface area (Å²) in [5, 5.41) is 14.5. The summed E-state index contributed by atoms with van der Waals surface area (Å²) < 4.78 is 2.26. The number of imidazole rings is 1. The van der Waals surface area contributed by atoms with Crippen LogP contribution in [0.15, 0.2) is 48.8 Å². The topological polar surface area (TPSA) is 58.9 Å². The molecule has 4 aromatic rings. The maximum Gasteiger partial charge on any atom is 0.157 e. The van der Waals surface area contributed by atoms with E-state index in [4.69, 9.17) is 0 Å². The first-order valence-electron chi connectivity index (χ1n) is 10.9. The van der Waals surface area contributed by atoms with Crippen molar-refractivity contribution in [3.63, 3.8) is 0 Å². The molecule has 31 heavy (non-hydrogen) atoms. The molecule has 158 valence electrons. The number of benzene rings is 2. The van der Waals surface area contributed by atoms with Gasteiger partial charge in [0.05, 0.1) is 24.5 Å². The average molecular weight is 413 g/mol. The van der Waals surface area contributed by atoms with Crippen LogP contribution in [-0.4, -0.2) is 26.3 Å². The van der Waals surface area contributed by atoms with Gasteiger partial charge in [0.25, 0.3) is 0 Å². The lowest BCUT2D eigenvalue weighted by molar-refractivity contribution is 0.560. The summed E-state index contributed by atoms with van der Waals surface area (Å²) in [5.74, 6) is 1.95. The number of rotatable bonds is 4. The molecule has 0 unspecified atom stereocenters. The molecule has 0 radical (unpaired) electrons. The predicted octanol–water partition coefficient (Wildman–Crippen LogP) is 4.94. The Labute approximate surface area is 182 Å². The van der Waals surface area contributed by atoms with Gasteiger partial charge in [0.1, 0.15) is 5.82 Å². The number of nitrogens with zero attached hydrogens (tertiary/aromatic N) is 5. The molecular weight excluding hydrogens is 384 g/mol. The standard InChI is InChI=1S/C25H28N6/c1-16-6-5-7-22(18(16)3)19(4)28-25-23-12-21(9-8-20(23)13-26-29-25)30-10-11-31-14-17(2)27-24(31)15-30/h5-9,12-14,19H,10-11,15H2,1-4H3,(H,28,29)/t19-/m1/s1. The van der Waals surface area contributed by atoms with E-state index in [9.17, 15) is 0 Å². The Hall–Kier alpha value is -3.41. The van der Waals surface area contributed by atoms with Crippen molar-refractivity contribution in [2.45, 2.75) is 46.8 Å². The highest BCUT2D eigenvalue weighted by Crippen LogP contribution is 2.31. The molecule has 0 amide bonds. The van der Waals surface area contributed by atoms with Crippen LogP contribution in [0, 0.1) is 20.8 Å². The van der Waals surface area contributed by atoms with E-state index in [1.165, 1.54) is 22.4 Å². The quantitative estimate of drug-likeness (QED) is 0.514. The van der Waals surface area contributed by atoms with E-state index in [0.29, 0.717) is 0 Å². The van der Waals surface area contributed by atoms with E-state index in [2.05, 4.69) is 100 Å². The summed E-state index contributed by atoms with van der Waals surface area (Å²) in [6.45, 7) is 11.3. The lowest BCUT2D eigenvalue weighted by atomic mass is 9.98. The van der Waals surface area contributed by atoms with Crippen LogP contribution in [0.25, 0.3) is 10.8 Å². The summed E-state index contributed by atoms with van der Waals surface area (Å²) in [5.41, 5.74) is 6.17. The molecule has 5 rings (SSSR count). The average Bonchev–Trinajstić information content (AvgIpc) is 3.14. The third-order valence-corrected chi connectivity index (χ3v) is 6.40. The maximum absolute atomic E-state index is 4.68. The van der Waals surface area contributed by atoms with Gasteiger partial charge in [0.15, 0.2) is 5.82 Å². The van der Waals surface area contributed by atoms with Crippen molar-refractivity contribution in [1.82, 2.24) is 19.7 Å². The Balaban J connectivity index is 1.46. The Kier molecular flexibility index (Phi) is 4.85. The van der Waals surface area contributed by atoms with Crippen LogP contribution >= 0.6 is 0 Å². The number of anilines is 2. The highest BCUT2D eigenvalue weighted by atomic mass is 15.2. The number of hydrogen-bond acceptors (Lipinski definition) is 5. The Morgan fingerprint density at radius 1 is 1.06 bits per heavy atom. The Morgan fingerprint density at radius 3 is 2.81 bits per heavy atom. The van der Waals surface area contributed by atoms with E-state index < -0.39 is 0 Å². The van der Waals surface area contributed by atoms with E-state index in [1.54, 1.807) is 0 Å². The van der Waals surface area contributed by atoms with Crippen molar-refractivity contribution in [3.05, 3.63) is 77.0 Å². The van der Waals surface area contributed by atoms with E-state index in [1.807, 2.05) is 6.20 Å². The molecule has 0 bridgehead atoms. The minimum atomic E-state index is 0.133. The van der Waals surface area contributed by atoms with E-state index >= 15 is 0 Å². The molecule has 6 heteroatoms. The molecule has 1 atom stereocenters. The first-order valence-corrected chi connectivity index (χ1v) is 10.9. The fourth-order valence-corrected chi connectivity index (χ4v) is 4.51. The number of fused-ring (bicyclic) bond motifs is 2. The molecule has 0 saturated heterocycles.